The van der Waals surface area contributed by atoms with E-state index in [1.54, 1.807) is 24.3 Å². The van der Waals surface area contributed by atoms with Crippen molar-refractivity contribution < 1.29 is 17.5 Å². The number of para-hydroxylation sites is 1. The van der Waals surface area contributed by atoms with Gasteiger partial charge in [-0.15, -0.1) is 0 Å². The van der Waals surface area contributed by atoms with Crippen molar-refractivity contribution in [3.63, 3.8) is 0 Å². The summed E-state index contributed by atoms with van der Waals surface area (Å²) in [4.78, 5) is 0. The Labute approximate surface area is 122 Å². The maximum absolute atomic E-state index is 13.6. The van der Waals surface area contributed by atoms with Gasteiger partial charge < -0.3 is 10.5 Å². The number of nitrogens with two attached hydrogens (primary N) is 1. The average molecular weight is 310 g/mol. The molecule has 2 aromatic carbocycles. The summed E-state index contributed by atoms with van der Waals surface area (Å²) in [6.07, 6.45) is 0. The van der Waals surface area contributed by atoms with E-state index in [0.717, 1.165) is 6.07 Å². The molecule has 0 aliphatic rings. The molecule has 0 atom stereocenters. The van der Waals surface area contributed by atoms with Gasteiger partial charge in [0.25, 0.3) is 0 Å². The van der Waals surface area contributed by atoms with Gasteiger partial charge in [-0.3, -0.25) is 4.72 Å². The Hall–Kier alpha value is -2.28. The summed E-state index contributed by atoms with van der Waals surface area (Å²) in [7, 11) is -2.37. The van der Waals surface area contributed by atoms with Gasteiger partial charge in [0.2, 0.25) is 10.0 Å². The summed E-state index contributed by atoms with van der Waals surface area (Å²) in [5, 5.41) is 0. The molecule has 7 heteroatoms. The van der Waals surface area contributed by atoms with E-state index in [0.29, 0.717) is 17.0 Å². The SMILES string of the molecule is COc1ccc(F)c(NS(=O)(=O)Cc2ccccc2N)c1. The van der Waals surface area contributed by atoms with Gasteiger partial charge in [0.05, 0.1) is 18.6 Å². The van der Waals surface area contributed by atoms with Crippen LogP contribution in [0, 0.1) is 5.82 Å². The summed E-state index contributed by atoms with van der Waals surface area (Å²) in [6.45, 7) is 0. The average Bonchev–Trinajstić information content (AvgIpc) is 2.43. The summed E-state index contributed by atoms with van der Waals surface area (Å²) < 4.78 is 45.0. The van der Waals surface area contributed by atoms with Crippen molar-refractivity contribution in [2.45, 2.75) is 5.75 Å². The van der Waals surface area contributed by atoms with Crippen LogP contribution in [0.25, 0.3) is 0 Å². The van der Waals surface area contributed by atoms with E-state index >= 15 is 0 Å². The van der Waals surface area contributed by atoms with E-state index in [1.807, 2.05) is 0 Å². The highest BCUT2D eigenvalue weighted by molar-refractivity contribution is 7.91. The van der Waals surface area contributed by atoms with Gasteiger partial charge in [-0.2, -0.15) is 0 Å². The van der Waals surface area contributed by atoms with Crippen molar-refractivity contribution in [3.05, 3.63) is 53.8 Å². The number of methoxy groups -OCH3 is 1. The monoisotopic (exact) mass is 310 g/mol. The number of nitrogen functional groups attached to an aromatic ring is 1. The zero-order valence-corrected chi connectivity index (χ0v) is 12.2. The van der Waals surface area contributed by atoms with E-state index in [9.17, 15) is 12.8 Å². The Morgan fingerprint density at radius 1 is 1.24 bits per heavy atom. The molecule has 0 radical (unpaired) electrons. The van der Waals surface area contributed by atoms with E-state index in [2.05, 4.69) is 4.72 Å². The first-order valence-corrected chi connectivity index (χ1v) is 7.74. The lowest BCUT2D eigenvalue weighted by molar-refractivity contribution is 0.414. The van der Waals surface area contributed by atoms with Crippen molar-refractivity contribution >= 4 is 21.4 Å². The van der Waals surface area contributed by atoms with Gasteiger partial charge in [-0.05, 0) is 23.8 Å². The van der Waals surface area contributed by atoms with Crippen LogP contribution in [0.4, 0.5) is 15.8 Å². The molecule has 3 N–H and O–H groups in total. The van der Waals surface area contributed by atoms with Crippen LogP contribution in [0.5, 0.6) is 5.75 Å². The lowest BCUT2D eigenvalue weighted by atomic mass is 10.2. The number of benzene rings is 2. The quantitative estimate of drug-likeness (QED) is 0.831. The molecule has 2 rings (SSSR count). The summed E-state index contributed by atoms with van der Waals surface area (Å²) in [5.74, 6) is -0.662. The van der Waals surface area contributed by atoms with Crippen LogP contribution in [0.3, 0.4) is 0 Å². The molecule has 112 valence electrons. The van der Waals surface area contributed by atoms with Crippen LogP contribution in [-0.4, -0.2) is 15.5 Å². The molecule has 0 heterocycles. The first kappa shape index (κ1) is 15.1. The Bertz CT molecular complexity index is 748. The minimum Gasteiger partial charge on any atom is -0.497 e. The first-order chi connectivity index (χ1) is 9.91. The van der Waals surface area contributed by atoms with E-state index < -0.39 is 15.8 Å². The summed E-state index contributed by atoms with van der Waals surface area (Å²) >= 11 is 0. The molecule has 0 aliphatic heterocycles. The fourth-order valence-electron chi connectivity index (χ4n) is 1.78. The van der Waals surface area contributed by atoms with E-state index in [4.69, 9.17) is 10.5 Å². The van der Waals surface area contributed by atoms with Crippen LogP contribution < -0.4 is 15.2 Å². The van der Waals surface area contributed by atoms with Crippen molar-refractivity contribution in [3.8, 4) is 5.75 Å². The smallest absolute Gasteiger partial charge is 0.237 e. The molecule has 0 aromatic heterocycles. The minimum absolute atomic E-state index is 0.163. The second-order valence-corrected chi connectivity index (χ2v) is 6.13. The highest BCUT2D eigenvalue weighted by atomic mass is 32.2. The third-order valence-electron chi connectivity index (χ3n) is 2.84. The second-order valence-electron chi connectivity index (χ2n) is 4.41. The molecule has 0 bridgehead atoms. The normalized spacial score (nSPS) is 11.1. The topological polar surface area (TPSA) is 81.4 Å². The lowest BCUT2D eigenvalue weighted by Gasteiger charge is -2.11. The zero-order chi connectivity index (χ0) is 15.5. The number of nitrogens with one attached hydrogen (secondary N) is 1. The number of anilines is 2. The lowest BCUT2D eigenvalue weighted by Crippen LogP contribution is -2.16. The Morgan fingerprint density at radius 3 is 2.62 bits per heavy atom. The van der Waals surface area contributed by atoms with Crippen molar-refractivity contribution in [2.75, 3.05) is 17.6 Å². The fourth-order valence-corrected chi connectivity index (χ4v) is 3.02. The van der Waals surface area contributed by atoms with Crippen molar-refractivity contribution in [1.29, 1.82) is 0 Å². The largest absolute Gasteiger partial charge is 0.497 e. The molecule has 2 aromatic rings. The molecular weight excluding hydrogens is 295 g/mol. The number of rotatable bonds is 5. The second kappa shape index (κ2) is 6.01. The number of hydrogen-bond acceptors (Lipinski definition) is 4. The number of ether oxygens (including phenoxy) is 1. The van der Waals surface area contributed by atoms with Gasteiger partial charge in [-0.1, -0.05) is 18.2 Å². The minimum atomic E-state index is -3.78. The molecule has 0 unspecified atom stereocenters. The number of sulfonamides is 1. The molecule has 0 fully saturated rings. The molecule has 0 amide bonds. The van der Waals surface area contributed by atoms with Crippen LogP contribution >= 0.6 is 0 Å². The number of halogens is 1. The fraction of sp³-hybridized carbons (Fsp3) is 0.143. The maximum atomic E-state index is 13.6. The van der Waals surface area contributed by atoms with E-state index in [1.165, 1.54) is 19.2 Å². The van der Waals surface area contributed by atoms with Gasteiger partial charge in [-0.25, -0.2) is 12.8 Å². The standard InChI is InChI=1S/C14H15FN2O3S/c1-20-11-6-7-12(15)14(8-11)17-21(18,19)9-10-4-2-3-5-13(10)16/h2-8,17H,9,16H2,1H3. The van der Waals surface area contributed by atoms with Gasteiger partial charge in [0.1, 0.15) is 11.6 Å². The Kier molecular flexibility index (Phi) is 4.32. The van der Waals surface area contributed by atoms with E-state index in [-0.39, 0.29) is 11.4 Å². The van der Waals surface area contributed by atoms with Gasteiger partial charge in [0.15, 0.2) is 0 Å². The molecule has 0 spiro atoms. The molecule has 21 heavy (non-hydrogen) atoms. The Morgan fingerprint density at radius 2 is 1.95 bits per heavy atom. The first-order valence-electron chi connectivity index (χ1n) is 6.09. The molecule has 0 aliphatic carbocycles. The van der Waals surface area contributed by atoms with Crippen molar-refractivity contribution in [2.24, 2.45) is 0 Å². The highest BCUT2D eigenvalue weighted by Crippen LogP contribution is 2.23. The number of hydrogen-bond donors (Lipinski definition) is 2. The molecule has 0 saturated heterocycles. The predicted molar refractivity (Wildman–Crippen MR) is 80.1 cm³/mol. The van der Waals surface area contributed by atoms with Crippen LogP contribution in [0.15, 0.2) is 42.5 Å². The zero-order valence-electron chi connectivity index (χ0n) is 11.3. The van der Waals surface area contributed by atoms with Crippen LogP contribution in [0.2, 0.25) is 0 Å². The molecule has 5 nitrogen and oxygen atoms in total. The predicted octanol–water partition coefficient (Wildman–Crippen LogP) is 2.36. The third kappa shape index (κ3) is 3.85. The van der Waals surface area contributed by atoms with Gasteiger partial charge >= 0.3 is 0 Å². The Balaban J connectivity index is 2.24. The van der Waals surface area contributed by atoms with Crippen LogP contribution in [-0.2, 0) is 15.8 Å². The third-order valence-corrected chi connectivity index (χ3v) is 4.06. The maximum Gasteiger partial charge on any atom is 0.237 e. The van der Waals surface area contributed by atoms with Crippen LogP contribution in [0.1, 0.15) is 5.56 Å². The highest BCUT2D eigenvalue weighted by Gasteiger charge is 2.16. The summed E-state index contributed by atoms with van der Waals surface area (Å²) in [5.41, 5.74) is 6.37. The molecular formula is C14H15FN2O3S. The van der Waals surface area contributed by atoms with Crippen molar-refractivity contribution in [1.82, 2.24) is 0 Å². The van der Waals surface area contributed by atoms with Gasteiger partial charge in [0, 0.05) is 11.8 Å². The molecule has 0 saturated carbocycles. The summed E-state index contributed by atoms with van der Waals surface area (Å²) in [6, 6.07) is 10.4.